The van der Waals surface area contributed by atoms with Crippen molar-refractivity contribution in [3.8, 4) is 0 Å². The molecule has 3 fully saturated rings. The van der Waals surface area contributed by atoms with Gasteiger partial charge in [0.2, 0.25) is 5.60 Å². The van der Waals surface area contributed by atoms with Crippen molar-refractivity contribution in [3.05, 3.63) is 23.8 Å². The predicted molar refractivity (Wildman–Crippen MR) is 116 cm³/mol. The van der Waals surface area contributed by atoms with E-state index in [9.17, 15) is 19.5 Å². The van der Waals surface area contributed by atoms with Gasteiger partial charge in [0.25, 0.3) is 0 Å². The van der Waals surface area contributed by atoms with Gasteiger partial charge in [0, 0.05) is 16.7 Å². The second-order valence-corrected chi connectivity index (χ2v) is 10.1. The molecule has 0 amide bonds. The van der Waals surface area contributed by atoms with Gasteiger partial charge >= 0.3 is 12.1 Å². The fraction of sp³-hybridized carbons (Fsp3) is 0.708. The van der Waals surface area contributed by atoms with Crippen LogP contribution in [0.2, 0.25) is 0 Å². The number of ether oxygens (including phenoxy) is 3. The van der Waals surface area contributed by atoms with E-state index in [0.717, 1.165) is 18.4 Å². The molecule has 32 heavy (non-hydrogen) atoms. The Balaban J connectivity index is 1.73. The number of allylic oxidation sites excluding steroid dienone is 4. The van der Waals surface area contributed by atoms with Crippen LogP contribution in [0.3, 0.4) is 0 Å². The molecule has 0 radical (unpaired) electrons. The highest BCUT2D eigenvalue weighted by Crippen LogP contribution is 2.68. The van der Waals surface area contributed by atoms with Gasteiger partial charge in [-0.2, -0.15) is 0 Å². The fourth-order valence-corrected chi connectivity index (χ4v) is 7.41. The molecule has 7 atom stereocenters. The van der Waals surface area contributed by atoms with Gasteiger partial charge in [0.1, 0.15) is 0 Å². The highest BCUT2D eigenvalue weighted by molar-refractivity contribution is 6.17. The predicted octanol–water partition coefficient (Wildman–Crippen LogP) is 3.92. The molecule has 4 aliphatic rings. The van der Waals surface area contributed by atoms with Crippen LogP contribution >= 0.6 is 11.6 Å². The number of hydrogen-bond donors (Lipinski definition) is 1. The smallest absolute Gasteiger partial charge is 0.446 e. The molecule has 0 aliphatic heterocycles. The second kappa shape index (κ2) is 8.17. The quantitative estimate of drug-likeness (QED) is 0.495. The van der Waals surface area contributed by atoms with Crippen LogP contribution in [0.25, 0.3) is 0 Å². The number of alkyl halides is 1. The third-order valence-electron chi connectivity index (χ3n) is 8.65. The van der Waals surface area contributed by atoms with Gasteiger partial charge < -0.3 is 19.3 Å². The average Bonchev–Trinajstić information content (AvgIpc) is 3.01. The summed E-state index contributed by atoms with van der Waals surface area (Å²) in [6.07, 6.45) is 6.31. The minimum Gasteiger partial charge on any atom is -0.446 e. The zero-order valence-electron chi connectivity index (χ0n) is 18.8. The Hall–Kier alpha value is -1.86. The lowest BCUT2D eigenvalue weighted by Crippen LogP contribution is -2.62. The summed E-state index contributed by atoms with van der Waals surface area (Å²) in [5.74, 6) is -0.676. The molecule has 0 spiro atoms. The van der Waals surface area contributed by atoms with Gasteiger partial charge in [-0.05, 0) is 63.0 Å². The molecule has 3 saturated carbocycles. The Morgan fingerprint density at radius 3 is 2.69 bits per heavy atom. The van der Waals surface area contributed by atoms with Crippen molar-refractivity contribution in [2.24, 2.45) is 28.6 Å². The monoisotopic (exact) mass is 466 g/mol. The molecule has 4 aliphatic carbocycles. The third-order valence-corrected chi connectivity index (χ3v) is 8.76. The van der Waals surface area contributed by atoms with E-state index in [4.69, 9.17) is 25.8 Å². The first-order chi connectivity index (χ1) is 15.1. The average molecular weight is 467 g/mol. The van der Waals surface area contributed by atoms with E-state index in [1.165, 1.54) is 0 Å². The molecule has 0 aromatic rings. The van der Waals surface area contributed by atoms with Crippen LogP contribution in [0, 0.1) is 28.6 Å². The summed E-state index contributed by atoms with van der Waals surface area (Å²) in [4.78, 5) is 37.5. The summed E-state index contributed by atoms with van der Waals surface area (Å²) in [6.45, 7) is 5.77. The van der Waals surface area contributed by atoms with E-state index in [2.05, 4.69) is 6.92 Å². The summed E-state index contributed by atoms with van der Waals surface area (Å²) in [5, 5.41) is 11.5. The Kier molecular flexibility index (Phi) is 5.95. The second-order valence-electron chi connectivity index (χ2n) is 9.90. The topological polar surface area (TPSA) is 99.1 Å². The van der Waals surface area contributed by atoms with Gasteiger partial charge in [-0.1, -0.05) is 37.1 Å². The summed E-state index contributed by atoms with van der Waals surface area (Å²) in [6, 6.07) is -0.354. The van der Waals surface area contributed by atoms with Crippen molar-refractivity contribution in [3.63, 3.8) is 0 Å². The summed E-state index contributed by atoms with van der Waals surface area (Å²) in [7, 11) is 0. The van der Waals surface area contributed by atoms with Crippen LogP contribution in [-0.4, -0.2) is 47.4 Å². The van der Waals surface area contributed by atoms with E-state index in [1.807, 2.05) is 13.0 Å². The lowest BCUT2D eigenvalue weighted by Gasteiger charge is -2.59. The van der Waals surface area contributed by atoms with Crippen molar-refractivity contribution in [2.45, 2.75) is 64.6 Å². The van der Waals surface area contributed by atoms with E-state index in [-0.39, 0.29) is 49.1 Å². The standard InChI is InChI=1S/C24H31ClO7/c1-4-30-21(29)32-24(20(28)31-13-25)10-8-17-16-6-5-14-11-15(26)7-9-22(14,2)19(16)18(27)12-23(17,24)3/h7,9,11,16-19,27H,4-6,8,10,12-13H2,1-3H3/t16-,17-,18-,19+,22+,23+,24+/m0/s1. The van der Waals surface area contributed by atoms with Crippen LogP contribution in [0.5, 0.6) is 0 Å². The number of halogens is 1. The van der Waals surface area contributed by atoms with Gasteiger partial charge in [0.15, 0.2) is 11.8 Å². The zero-order chi connectivity index (χ0) is 23.3. The number of hydrogen-bond acceptors (Lipinski definition) is 7. The molecule has 4 rings (SSSR count). The number of ketones is 1. The lowest BCUT2D eigenvalue weighted by atomic mass is 9.46. The summed E-state index contributed by atoms with van der Waals surface area (Å²) >= 11 is 5.70. The molecule has 176 valence electrons. The van der Waals surface area contributed by atoms with Gasteiger partial charge in [-0.25, -0.2) is 9.59 Å². The van der Waals surface area contributed by atoms with Crippen molar-refractivity contribution >= 4 is 29.5 Å². The Labute approximate surface area is 193 Å². The molecule has 0 heterocycles. The first kappa shape index (κ1) is 23.3. The SMILES string of the molecule is CCOC(=O)O[C@@]1(C(=O)OCCl)CC[C@H]2[C@@H]3CCC4=CC(=O)C=C[C@@]4(C)[C@H]3[C@@H](O)C[C@]21C. The molecular formula is C24H31ClO7. The molecule has 1 N–H and O–H groups in total. The van der Waals surface area contributed by atoms with Crippen molar-refractivity contribution in [1.29, 1.82) is 0 Å². The van der Waals surface area contributed by atoms with E-state index >= 15 is 0 Å². The third kappa shape index (κ3) is 3.23. The van der Waals surface area contributed by atoms with Crippen LogP contribution < -0.4 is 0 Å². The summed E-state index contributed by atoms with van der Waals surface area (Å²) < 4.78 is 15.9. The Morgan fingerprint density at radius 1 is 1.25 bits per heavy atom. The maximum atomic E-state index is 13.2. The van der Waals surface area contributed by atoms with Crippen LogP contribution in [0.4, 0.5) is 4.79 Å². The van der Waals surface area contributed by atoms with E-state index < -0.39 is 34.7 Å². The van der Waals surface area contributed by atoms with Gasteiger partial charge in [0.05, 0.1) is 12.7 Å². The Morgan fingerprint density at radius 2 is 2.00 bits per heavy atom. The maximum absolute atomic E-state index is 13.2. The molecule has 0 aromatic heterocycles. The van der Waals surface area contributed by atoms with Crippen LogP contribution in [0.1, 0.15) is 52.9 Å². The molecule has 0 bridgehead atoms. The maximum Gasteiger partial charge on any atom is 0.509 e. The van der Waals surface area contributed by atoms with Crippen molar-refractivity contribution in [1.82, 2.24) is 0 Å². The van der Waals surface area contributed by atoms with Crippen LogP contribution in [0.15, 0.2) is 23.8 Å². The zero-order valence-corrected chi connectivity index (χ0v) is 19.5. The van der Waals surface area contributed by atoms with Crippen LogP contribution in [-0.2, 0) is 23.8 Å². The number of carbonyl (C=O) groups is 3. The van der Waals surface area contributed by atoms with Gasteiger partial charge in [-0.3, -0.25) is 4.79 Å². The van der Waals surface area contributed by atoms with Crippen molar-refractivity contribution in [2.75, 3.05) is 12.7 Å². The largest absolute Gasteiger partial charge is 0.509 e. The molecular weight excluding hydrogens is 436 g/mol. The number of esters is 1. The number of fused-ring (bicyclic) bond motifs is 5. The van der Waals surface area contributed by atoms with E-state index in [1.54, 1.807) is 19.1 Å². The van der Waals surface area contributed by atoms with Crippen molar-refractivity contribution < 1.29 is 33.7 Å². The summed E-state index contributed by atoms with van der Waals surface area (Å²) in [5.41, 5.74) is -1.76. The Bertz CT molecular complexity index is 882. The molecule has 0 saturated heterocycles. The highest BCUT2D eigenvalue weighted by Gasteiger charge is 2.71. The number of aliphatic hydroxyl groups excluding tert-OH is 1. The molecule has 0 unspecified atom stereocenters. The number of aliphatic hydroxyl groups is 1. The fourth-order valence-electron chi connectivity index (χ4n) is 7.31. The minimum atomic E-state index is -1.57. The van der Waals surface area contributed by atoms with E-state index in [0.29, 0.717) is 6.42 Å². The number of carbonyl (C=O) groups excluding carboxylic acids is 3. The lowest BCUT2D eigenvalue weighted by molar-refractivity contribution is -0.199. The normalized spacial score (nSPS) is 42.3. The van der Waals surface area contributed by atoms with Gasteiger partial charge in [-0.15, -0.1) is 0 Å². The molecule has 0 aromatic carbocycles. The molecule has 7 nitrogen and oxygen atoms in total. The molecule has 8 heteroatoms. The minimum absolute atomic E-state index is 0.0161. The number of rotatable bonds is 4. The first-order valence-corrected chi connectivity index (χ1v) is 11.9. The highest BCUT2D eigenvalue weighted by atomic mass is 35.5. The first-order valence-electron chi connectivity index (χ1n) is 11.3.